The number of hydrogen-bond donors (Lipinski definition) is 0. The highest BCUT2D eigenvalue weighted by Gasteiger charge is 2.35. The Hall–Kier alpha value is -2.05. The summed E-state index contributed by atoms with van der Waals surface area (Å²) in [6, 6.07) is 1.49. The molecule has 0 saturated heterocycles. The highest BCUT2D eigenvalue weighted by molar-refractivity contribution is 5.88. The van der Waals surface area contributed by atoms with Crippen LogP contribution in [0.3, 0.4) is 0 Å². The van der Waals surface area contributed by atoms with Crippen LogP contribution in [-0.4, -0.2) is 17.6 Å². The van der Waals surface area contributed by atoms with E-state index < -0.39 is 29.0 Å². The predicted octanol–water partition coefficient (Wildman–Crippen LogP) is 2.23. The van der Waals surface area contributed by atoms with Gasteiger partial charge in [-0.05, 0) is 19.1 Å². The first-order valence-electron chi connectivity index (χ1n) is 5.22. The lowest BCUT2D eigenvalue weighted by Crippen LogP contribution is -2.32. The number of carbonyl (C=O) groups is 1. The van der Waals surface area contributed by atoms with Crippen molar-refractivity contribution in [1.29, 1.82) is 0 Å². The zero-order chi connectivity index (χ0) is 14.8. The van der Waals surface area contributed by atoms with E-state index in [-0.39, 0.29) is 6.54 Å². The SMILES string of the molecule is C=C(C)Cn1c(C(F)(F)F)ccc(C(=O)OC)c1=O. The minimum Gasteiger partial charge on any atom is -0.465 e. The number of carbonyl (C=O) groups excluding carboxylic acids is 1. The number of rotatable bonds is 3. The molecule has 0 amide bonds. The topological polar surface area (TPSA) is 48.3 Å². The van der Waals surface area contributed by atoms with Gasteiger partial charge in [-0.3, -0.25) is 9.36 Å². The summed E-state index contributed by atoms with van der Waals surface area (Å²) in [4.78, 5) is 23.2. The molecule has 0 aliphatic rings. The molecular weight excluding hydrogens is 263 g/mol. The lowest BCUT2D eigenvalue weighted by atomic mass is 10.2. The predicted molar refractivity (Wildman–Crippen MR) is 61.9 cm³/mol. The van der Waals surface area contributed by atoms with E-state index in [1.165, 1.54) is 6.92 Å². The molecule has 7 heteroatoms. The van der Waals surface area contributed by atoms with Crippen LogP contribution in [0.5, 0.6) is 0 Å². The number of halogens is 3. The van der Waals surface area contributed by atoms with Gasteiger partial charge in [0.1, 0.15) is 11.3 Å². The van der Waals surface area contributed by atoms with Crippen molar-refractivity contribution in [3.8, 4) is 0 Å². The minimum atomic E-state index is -4.69. The number of pyridine rings is 1. The molecule has 1 rings (SSSR count). The van der Waals surface area contributed by atoms with Gasteiger partial charge in [-0.15, -0.1) is 0 Å². The first-order valence-corrected chi connectivity index (χ1v) is 5.22. The van der Waals surface area contributed by atoms with Crippen LogP contribution in [0.15, 0.2) is 29.1 Å². The molecule has 0 aromatic carbocycles. The Balaban J connectivity index is 3.54. The van der Waals surface area contributed by atoms with Crippen LogP contribution < -0.4 is 5.56 Å². The van der Waals surface area contributed by atoms with Crippen molar-refractivity contribution < 1.29 is 22.7 Å². The van der Waals surface area contributed by atoms with E-state index in [2.05, 4.69) is 11.3 Å². The second kappa shape index (κ2) is 5.29. The number of allylic oxidation sites excluding steroid dienone is 1. The number of esters is 1. The zero-order valence-corrected chi connectivity index (χ0v) is 10.4. The van der Waals surface area contributed by atoms with Gasteiger partial charge in [0.25, 0.3) is 5.56 Å². The minimum absolute atomic E-state index is 0.321. The van der Waals surface area contributed by atoms with Gasteiger partial charge < -0.3 is 4.74 Å². The summed E-state index contributed by atoms with van der Waals surface area (Å²) < 4.78 is 43.2. The molecule has 0 saturated carbocycles. The molecular formula is C12H12F3NO3. The third-order valence-electron chi connectivity index (χ3n) is 2.30. The fraction of sp³-hybridized carbons (Fsp3) is 0.333. The zero-order valence-electron chi connectivity index (χ0n) is 10.4. The van der Waals surface area contributed by atoms with Crippen molar-refractivity contribution >= 4 is 5.97 Å². The van der Waals surface area contributed by atoms with Gasteiger partial charge in [-0.2, -0.15) is 13.2 Å². The largest absolute Gasteiger partial charge is 0.465 e. The van der Waals surface area contributed by atoms with Crippen molar-refractivity contribution in [2.45, 2.75) is 19.6 Å². The smallest absolute Gasteiger partial charge is 0.431 e. The van der Waals surface area contributed by atoms with E-state index in [1.54, 1.807) is 0 Å². The lowest BCUT2D eigenvalue weighted by Gasteiger charge is -2.16. The van der Waals surface area contributed by atoms with Gasteiger partial charge in [-0.1, -0.05) is 12.2 Å². The van der Waals surface area contributed by atoms with Crippen LogP contribution in [0.2, 0.25) is 0 Å². The maximum absolute atomic E-state index is 12.8. The summed E-state index contributed by atoms with van der Waals surface area (Å²) in [5.74, 6) is -0.978. The van der Waals surface area contributed by atoms with Crippen LogP contribution in [-0.2, 0) is 17.5 Å². The quantitative estimate of drug-likeness (QED) is 0.628. The Kier molecular flexibility index (Phi) is 4.18. The molecule has 0 spiro atoms. The van der Waals surface area contributed by atoms with Crippen molar-refractivity contribution in [3.05, 3.63) is 45.9 Å². The van der Waals surface area contributed by atoms with Gasteiger partial charge in [0, 0.05) is 6.54 Å². The number of aromatic nitrogens is 1. The fourth-order valence-electron chi connectivity index (χ4n) is 1.52. The van der Waals surface area contributed by atoms with E-state index in [0.29, 0.717) is 16.2 Å². The van der Waals surface area contributed by atoms with Gasteiger partial charge in [-0.25, -0.2) is 4.79 Å². The lowest BCUT2D eigenvalue weighted by molar-refractivity contribution is -0.144. The first-order chi connectivity index (χ1) is 8.68. The van der Waals surface area contributed by atoms with Gasteiger partial charge in [0.15, 0.2) is 0 Å². The standard InChI is InChI=1S/C12H12F3NO3/c1-7(2)6-16-9(12(13,14)15)5-4-8(10(16)17)11(18)19-3/h4-5H,1,6H2,2-3H3. The number of hydrogen-bond acceptors (Lipinski definition) is 3. The van der Waals surface area contributed by atoms with E-state index >= 15 is 0 Å². The van der Waals surface area contributed by atoms with Gasteiger partial charge in [0.05, 0.1) is 7.11 Å². The van der Waals surface area contributed by atoms with E-state index in [1.807, 2.05) is 0 Å². The molecule has 0 N–H and O–H groups in total. The molecule has 1 heterocycles. The van der Waals surface area contributed by atoms with E-state index in [9.17, 15) is 22.8 Å². The van der Waals surface area contributed by atoms with E-state index in [4.69, 9.17) is 0 Å². The summed E-state index contributed by atoms with van der Waals surface area (Å²) in [5, 5.41) is 0. The highest BCUT2D eigenvalue weighted by Crippen LogP contribution is 2.28. The number of nitrogens with zero attached hydrogens (tertiary/aromatic N) is 1. The third kappa shape index (κ3) is 3.24. The van der Waals surface area contributed by atoms with Crippen molar-refractivity contribution in [2.75, 3.05) is 7.11 Å². The monoisotopic (exact) mass is 275 g/mol. The van der Waals surface area contributed by atoms with Crippen molar-refractivity contribution in [1.82, 2.24) is 4.57 Å². The van der Waals surface area contributed by atoms with Crippen LogP contribution in [0, 0.1) is 0 Å². The molecule has 1 aromatic heterocycles. The summed E-state index contributed by atoms with van der Waals surface area (Å²) in [5.41, 5.74) is -2.27. The molecule has 0 aliphatic carbocycles. The Bertz CT molecular complexity index is 573. The van der Waals surface area contributed by atoms with Gasteiger partial charge >= 0.3 is 12.1 Å². The molecule has 19 heavy (non-hydrogen) atoms. The number of methoxy groups -OCH3 is 1. The summed E-state index contributed by atoms with van der Waals surface area (Å²) in [6.07, 6.45) is -4.69. The van der Waals surface area contributed by atoms with E-state index in [0.717, 1.165) is 13.2 Å². The van der Waals surface area contributed by atoms with Crippen molar-refractivity contribution in [3.63, 3.8) is 0 Å². The summed E-state index contributed by atoms with van der Waals surface area (Å²) in [7, 11) is 1.04. The maximum atomic E-state index is 12.8. The molecule has 0 fully saturated rings. The Labute approximate surface area is 107 Å². The second-order valence-corrected chi connectivity index (χ2v) is 3.97. The summed E-state index contributed by atoms with van der Waals surface area (Å²) >= 11 is 0. The first kappa shape index (κ1) is 15.0. The molecule has 0 unspecified atom stereocenters. The molecule has 0 atom stereocenters. The van der Waals surface area contributed by atoms with Crippen LogP contribution in [0.1, 0.15) is 23.0 Å². The molecule has 1 aromatic rings. The van der Waals surface area contributed by atoms with Crippen LogP contribution >= 0.6 is 0 Å². The Morgan fingerprint density at radius 2 is 2.00 bits per heavy atom. The Morgan fingerprint density at radius 3 is 2.42 bits per heavy atom. The van der Waals surface area contributed by atoms with Crippen molar-refractivity contribution in [2.24, 2.45) is 0 Å². The normalized spacial score (nSPS) is 11.2. The molecule has 0 bridgehead atoms. The molecule has 0 aliphatic heterocycles. The van der Waals surface area contributed by atoms with Gasteiger partial charge in [0.2, 0.25) is 0 Å². The summed E-state index contributed by atoms with van der Waals surface area (Å²) in [6.45, 7) is 4.63. The second-order valence-electron chi connectivity index (χ2n) is 3.97. The number of alkyl halides is 3. The highest BCUT2D eigenvalue weighted by atomic mass is 19.4. The van der Waals surface area contributed by atoms with Crippen LogP contribution in [0.25, 0.3) is 0 Å². The maximum Gasteiger partial charge on any atom is 0.431 e. The average Bonchev–Trinajstić information content (AvgIpc) is 2.28. The average molecular weight is 275 g/mol. The molecule has 4 nitrogen and oxygen atoms in total. The Morgan fingerprint density at radius 1 is 1.42 bits per heavy atom. The number of ether oxygens (including phenoxy) is 1. The third-order valence-corrected chi connectivity index (χ3v) is 2.30. The fourth-order valence-corrected chi connectivity index (χ4v) is 1.52. The molecule has 0 radical (unpaired) electrons. The molecule has 104 valence electrons. The van der Waals surface area contributed by atoms with Crippen LogP contribution in [0.4, 0.5) is 13.2 Å².